The van der Waals surface area contributed by atoms with E-state index >= 15 is 0 Å². The van der Waals surface area contributed by atoms with Crippen molar-refractivity contribution < 1.29 is 4.52 Å². The minimum Gasteiger partial charge on any atom is -0.339 e. The van der Waals surface area contributed by atoms with Gasteiger partial charge in [-0.25, -0.2) is 0 Å². The van der Waals surface area contributed by atoms with Gasteiger partial charge in [0.25, 0.3) is 0 Å². The van der Waals surface area contributed by atoms with Crippen LogP contribution in [-0.2, 0) is 6.42 Å². The highest BCUT2D eigenvalue weighted by Gasteiger charge is 2.11. The number of nitrogens with zero attached hydrogens (tertiary/aromatic N) is 3. The summed E-state index contributed by atoms with van der Waals surface area (Å²) in [6, 6.07) is 1.94. The maximum absolute atomic E-state index is 5.54. The quantitative estimate of drug-likeness (QED) is 0.862. The van der Waals surface area contributed by atoms with Gasteiger partial charge < -0.3 is 10.3 Å². The van der Waals surface area contributed by atoms with E-state index in [-0.39, 0.29) is 0 Å². The van der Waals surface area contributed by atoms with Gasteiger partial charge in [-0.3, -0.25) is 4.98 Å². The summed E-state index contributed by atoms with van der Waals surface area (Å²) in [4.78, 5) is 8.52. The molecule has 0 saturated carbocycles. The molecular formula is C14H20N4O. The maximum Gasteiger partial charge on any atom is 0.226 e. The average molecular weight is 260 g/mol. The number of aromatic nitrogens is 3. The lowest BCUT2D eigenvalue weighted by atomic mass is 10.0. The van der Waals surface area contributed by atoms with Gasteiger partial charge in [-0.05, 0) is 43.9 Å². The molecule has 0 aliphatic rings. The molecular weight excluding hydrogens is 240 g/mol. The first-order valence-electron chi connectivity index (χ1n) is 6.64. The molecule has 2 N–H and O–H groups in total. The number of pyridine rings is 1. The molecule has 0 amide bonds. The fourth-order valence-electron chi connectivity index (χ4n) is 1.96. The van der Waals surface area contributed by atoms with Crippen molar-refractivity contribution in [2.45, 2.75) is 33.1 Å². The molecule has 2 aromatic rings. The standard InChI is InChI=1S/C14H20N4O/c1-10(5-7-15)3-4-13-17-14(18-19-13)12-9-16-8-6-11(12)2/h6,8-10H,3-5,7,15H2,1-2H3. The molecule has 0 spiro atoms. The minimum absolute atomic E-state index is 0.584. The summed E-state index contributed by atoms with van der Waals surface area (Å²) < 4.78 is 5.28. The second-order valence-electron chi connectivity index (χ2n) is 4.92. The molecule has 5 heteroatoms. The van der Waals surface area contributed by atoms with Crippen LogP contribution in [0.15, 0.2) is 23.0 Å². The molecule has 0 aliphatic heterocycles. The minimum atomic E-state index is 0.584. The summed E-state index contributed by atoms with van der Waals surface area (Å²) in [6.07, 6.45) is 6.37. The number of nitrogens with two attached hydrogens (primary N) is 1. The van der Waals surface area contributed by atoms with Gasteiger partial charge in [0, 0.05) is 24.4 Å². The first-order valence-corrected chi connectivity index (χ1v) is 6.64. The Morgan fingerprint density at radius 3 is 2.95 bits per heavy atom. The Bertz CT molecular complexity index is 524. The van der Waals surface area contributed by atoms with Crippen LogP contribution in [-0.4, -0.2) is 21.7 Å². The van der Waals surface area contributed by atoms with E-state index in [2.05, 4.69) is 22.0 Å². The van der Waals surface area contributed by atoms with E-state index in [1.807, 2.05) is 13.0 Å². The Balaban J connectivity index is 2.02. The topological polar surface area (TPSA) is 77.8 Å². The van der Waals surface area contributed by atoms with Crippen LogP contribution in [0.1, 0.15) is 31.2 Å². The van der Waals surface area contributed by atoms with Crippen molar-refractivity contribution in [2.75, 3.05) is 6.54 Å². The number of rotatable bonds is 6. The first-order chi connectivity index (χ1) is 9.20. The lowest BCUT2D eigenvalue weighted by Gasteiger charge is -2.06. The van der Waals surface area contributed by atoms with E-state index in [0.717, 1.165) is 36.9 Å². The Hall–Kier alpha value is -1.75. The van der Waals surface area contributed by atoms with Gasteiger partial charge in [-0.2, -0.15) is 4.98 Å². The summed E-state index contributed by atoms with van der Waals surface area (Å²) in [5.74, 6) is 1.88. The van der Waals surface area contributed by atoms with Crippen LogP contribution in [0.4, 0.5) is 0 Å². The van der Waals surface area contributed by atoms with Crippen LogP contribution >= 0.6 is 0 Å². The highest BCUT2D eigenvalue weighted by molar-refractivity contribution is 5.57. The van der Waals surface area contributed by atoms with Crippen molar-refractivity contribution in [3.05, 3.63) is 29.9 Å². The molecule has 2 aromatic heterocycles. The number of hydrogen-bond acceptors (Lipinski definition) is 5. The van der Waals surface area contributed by atoms with Crippen LogP contribution in [0.3, 0.4) is 0 Å². The lowest BCUT2D eigenvalue weighted by molar-refractivity contribution is 0.362. The van der Waals surface area contributed by atoms with Crippen molar-refractivity contribution in [1.29, 1.82) is 0 Å². The van der Waals surface area contributed by atoms with Gasteiger partial charge >= 0.3 is 0 Å². The SMILES string of the molecule is Cc1ccncc1-c1noc(CCC(C)CCN)n1. The van der Waals surface area contributed by atoms with Crippen molar-refractivity contribution in [2.24, 2.45) is 11.7 Å². The second-order valence-corrected chi connectivity index (χ2v) is 4.92. The van der Waals surface area contributed by atoms with E-state index < -0.39 is 0 Å². The summed E-state index contributed by atoms with van der Waals surface area (Å²) in [6.45, 7) is 4.93. The molecule has 0 aliphatic carbocycles. The van der Waals surface area contributed by atoms with Gasteiger partial charge in [0.15, 0.2) is 0 Å². The Morgan fingerprint density at radius 1 is 1.37 bits per heavy atom. The maximum atomic E-state index is 5.54. The van der Waals surface area contributed by atoms with Crippen LogP contribution in [0, 0.1) is 12.8 Å². The van der Waals surface area contributed by atoms with Crippen molar-refractivity contribution in [3.8, 4) is 11.4 Å². The van der Waals surface area contributed by atoms with E-state index in [9.17, 15) is 0 Å². The molecule has 19 heavy (non-hydrogen) atoms. The Labute approximate surface area is 113 Å². The van der Waals surface area contributed by atoms with Gasteiger partial charge in [0.1, 0.15) is 0 Å². The Kier molecular flexibility index (Phi) is 4.63. The summed E-state index contributed by atoms with van der Waals surface area (Å²) in [5, 5.41) is 4.02. The van der Waals surface area contributed by atoms with E-state index in [1.54, 1.807) is 12.4 Å². The molecule has 0 radical (unpaired) electrons. The predicted octanol–water partition coefficient (Wildman–Crippen LogP) is 2.36. The molecule has 102 valence electrons. The summed E-state index contributed by atoms with van der Waals surface area (Å²) >= 11 is 0. The molecule has 2 rings (SSSR count). The zero-order chi connectivity index (χ0) is 13.7. The van der Waals surface area contributed by atoms with Gasteiger partial charge in [0.2, 0.25) is 11.7 Å². The number of hydrogen-bond donors (Lipinski definition) is 1. The van der Waals surface area contributed by atoms with Gasteiger partial charge in [-0.15, -0.1) is 0 Å². The molecule has 1 atom stereocenters. The third kappa shape index (κ3) is 3.61. The Morgan fingerprint density at radius 2 is 2.21 bits per heavy atom. The van der Waals surface area contributed by atoms with Crippen molar-refractivity contribution >= 4 is 0 Å². The van der Waals surface area contributed by atoms with Crippen LogP contribution in [0.2, 0.25) is 0 Å². The molecule has 0 fully saturated rings. The molecule has 2 heterocycles. The van der Waals surface area contributed by atoms with Crippen molar-refractivity contribution in [3.63, 3.8) is 0 Å². The summed E-state index contributed by atoms with van der Waals surface area (Å²) in [7, 11) is 0. The fourth-order valence-corrected chi connectivity index (χ4v) is 1.96. The highest BCUT2D eigenvalue weighted by Crippen LogP contribution is 2.19. The zero-order valence-corrected chi connectivity index (χ0v) is 11.5. The largest absolute Gasteiger partial charge is 0.339 e. The van der Waals surface area contributed by atoms with Crippen molar-refractivity contribution in [1.82, 2.24) is 15.1 Å². The third-order valence-electron chi connectivity index (χ3n) is 3.26. The highest BCUT2D eigenvalue weighted by atomic mass is 16.5. The van der Waals surface area contributed by atoms with Crippen LogP contribution in [0.5, 0.6) is 0 Å². The van der Waals surface area contributed by atoms with E-state index in [4.69, 9.17) is 10.3 Å². The first kappa shape index (κ1) is 13.7. The molecule has 0 saturated heterocycles. The molecule has 1 unspecified atom stereocenters. The monoisotopic (exact) mass is 260 g/mol. The van der Waals surface area contributed by atoms with Crippen LogP contribution < -0.4 is 5.73 Å². The van der Waals surface area contributed by atoms with Crippen LogP contribution in [0.25, 0.3) is 11.4 Å². The van der Waals surface area contributed by atoms with Gasteiger partial charge in [0.05, 0.1) is 0 Å². The normalized spacial score (nSPS) is 12.6. The molecule has 0 aromatic carbocycles. The third-order valence-corrected chi connectivity index (χ3v) is 3.26. The predicted molar refractivity (Wildman–Crippen MR) is 73.4 cm³/mol. The summed E-state index contributed by atoms with van der Waals surface area (Å²) in [5.41, 5.74) is 7.56. The lowest BCUT2D eigenvalue weighted by Crippen LogP contribution is -2.06. The van der Waals surface area contributed by atoms with E-state index in [1.165, 1.54) is 0 Å². The second kappa shape index (κ2) is 6.43. The molecule has 5 nitrogen and oxygen atoms in total. The average Bonchev–Trinajstić information content (AvgIpc) is 2.86. The smallest absolute Gasteiger partial charge is 0.226 e. The zero-order valence-electron chi connectivity index (χ0n) is 11.5. The molecule has 0 bridgehead atoms. The number of aryl methyl sites for hydroxylation is 2. The van der Waals surface area contributed by atoms with Gasteiger partial charge in [-0.1, -0.05) is 12.1 Å². The van der Waals surface area contributed by atoms with E-state index in [0.29, 0.717) is 17.6 Å². The fraction of sp³-hybridized carbons (Fsp3) is 0.500.